The fourth-order valence-corrected chi connectivity index (χ4v) is 3.92. The van der Waals surface area contributed by atoms with Gasteiger partial charge in [0.25, 0.3) is 0 Å². The highest BCUT2D eigenvalue weighted by Crippen LogP contribution is 2.24. The van der Waals surface area contributed by atoms with Crippen molar-refractivity contribution in [2.24, 2.45) is 7.05 Å². The Labute approximate surface area is 169 Å². The maximum atomic E-state index is 5.45. The van der Waals surface area contributed by atoms with E-state index in [0.29, 0.717) is 0 Å². The molecule has 0 amide bonds. The highest BCUT2D eigenvalue weighted by atomic mass is 16.5. The van der Waals surface area contributed by atoms with Crippen LogP contribution < -0.4 is 14.7 Å². The minimum Gasteiger partial charge on any atom is -0.378 e. The van der Waals surface area contributed by atoms with Gasteiger partial charge in [-0.15, -0.1) is 0 Å². The van der Waals surface area contributed by atoms with Crippen molar-refractivity contribution in [3.8, 4) is 0 Å². The standard InChI is InChI=1S/C19H25N9O/c1-14-11-15(24-19(23-14)28-7-9-29-10-8-28)26-3-5-27(6-4-26)18-16-17(20-12-21-18)25(2)13-22-16/h11-13H,3-10H2,1-2H3. The van der Waals surface area contributed by atoms with Gasteiger partial charge in [-0.2, -0.15) is 4.98 Å². The summed E-state index contributed by atoms with van der Waals surface area (Å²) in [6, 6.07) is 2.07. The molecule has 2 aliphatic rings. The molecule has 2 fully saturated rings. The lowest BCUT2D eigenvalue weighted by molar-refractivity contribution is 0.122. The fraction of sp³-hybridized carbons (Fsp3) is 0.526. The van der Waals surface area contributed by atoms with Gasteiger partial charge in [-0.25, -0.2) is 19.9 Å². The minimum absolute atomic E-state index is 0.728. The summed E-state index contributed by atoms with van der Waals surface area (Å²) in [4.78, 5) is 29.7. The third-order valence-corrected chi connectivity index (χ3v) is 5.50. The Morgan fingerprint density at radius 1 is 0.862 bits per heavy atom. The van der Waals surface area contributed by atoms with E-state index in [9.17, 15) is 0 Å². The van der Waals surface area contributed by atoms with Gasteiger partial charge < -0.3 is 24.0 Å². The van der Waals surface area contributed by atoms with E-state index >= 15 is 0 Å². The Morgan fingerprint density at radius 3 is 2.41 bits per heavy atom. The largest absolute Gasteiger partial charge is 0.378 e. The summed E-state index contributed by atoms with van der Waals surface area (Å²) in [5, 5.41) is 0. The number of fused-ring (bicyclic) bond motifs is 1. The molecule has 2 saturated heterocycles. The molecule has 29 heavy (non-hydrogen) atoms. The summed E-state index contributed by atoms with van der Waals surface area (Å²) < 4.78 is 7.38. The predicted molar refractivity (Wildman–Crippen MR) is 111 cm³/mol. The zero-order chi connectivity index (χ0) is 19.8. The van der Waals surface area contributed by atoms with Crippen molar-refractivity contribution >= 4 is 28.7 Å². The van der Waals surface area contributed by atoms with Gasteiger partial charge in [0.05, 0.1) is 19.5 Å². The highest BCUT2D eigenvalue weighted by Gasteiger charge is 2.23. The molecular formula is C19H25N9O. The van der Waals surface area contributed by atoms with Gasteiger partial charge in [0.2, 0.25) is 5.95 Å². The number of imidazole rings is 1. The number of ether oxygens (including phenoxy) is 1. The molecule has 0 aliphatic carbocycles. The van der Waals surface area contributed by atoms with Gasteiger partial charge >= 0.3 is 0 Å². The first-order valence-corrected chi connectivity index (χ1v) is 9.99. The Kier molecular flexibility index (Phi) is 4.62. The topological polar surface area (TPSA) is 88.3 Å². The van der Waals surface area contributed by atoms with Crippen LogP contribution in [0.4, 0.5) is 17.6 Å². The van der Waals surface area contributed by atoms with Crippen molar-refractivity contribution < 1.29 is 4.74 Å². The van der Waals surface area contributed by atoms with Gasteiger partial charge in [-0.3, -0.25) is 0 Å². The summed E-state index contributed by atoms with van der Waals surface area (Å²) in [6.45, 7) is 8.63. The average Bonchev–Trinajstić information content (AvgIpc) is 3.15. The molecule has 10 heteroatoms. The number of anilines is 3. The van der Waals surface area contributed by atoms with E-state index in [2.05, 4.69) is 40.7 Å². The molecule has 0 unspecified atom stereocenters. The zero-order valence-corrected chi connectivity index (χ0v) is 16.8. The number of morpholine rings is 1. The second-order valence-electron chi connectivity index (χ2n) is 7.47. The molecule has 0 radical (unpaired) electrons. The van der Waals surface area contributed by atoms with Gasteiger partial charge in [-0.05, 0) is 6.92 Å². The van der Waals surface area contributed by atoms with Gasteiger partial charge in [0.1, 0.15) is 12.1 Å². The molecule has 5 rings (SSSR count). The number of aryl methyl sites for hydroxylation is 2. The Hall–Kier alpha value is -3.01. The monoisotopic (exact) mass is 395 g/mol. The average molecular weight is 395 g/mol. The first-order chi connectivity index (χ1) is 14.2. The first-order valence-electron chi connectivity index (χ1n) is 9.99. The second-order valence-corrected chi connectivity index (χ2v) is 7.47. The minimum atomic E-state index is 0.728. The third kappa shape index (κ3) is 3.44. The van der Waals surface area contributed by atoms with Crippen LogP contribution in [0, 0.1) is 6.92 Å². The van der Waals surface area contributed by atoms with Crippen molar-refractivity contribution in [1.82, 2.24) is 29.5 Å². The molecule has 152 valence electrons. The van der Waals surface area contributed by atoms with Crippen LogP contribution in [-0.4, -0.2) is 82.0 Å². The Balaban J connectivity index is 1.33. The number of aromatic nitrogens is 6. The van der Waals surface area contributed by atoms with Crippen LogP contribution in [0.25, 0.3) is 11.2 Å². The molecule has 3 aromatic heterocycles. The van der Waals surface area contributed by atoms with Gasteiger partial charge in [0.15, 0.2) is 17.0 Å². The molecular weight excluding hydrogens is 370 g/mol. The molecule has 5 heterocycles. The van der Waals surface area contributed by atoms with Crippen molar-refractivity contribution in [2.45, 2.75) is 6.92 Å². The molecule has 0 N–H and O–H groups in total. The number of rotatable bonds is 3. The summed E-state index contributed by atoms with van der Waals surface area (Å²) in [6.07, 6.45) is 3.41. The summed E-state index contributed by atoms with van der Waals surface area (Å²) in [7, 11) is 1.95. The van der Waals surface area contributed by atoms with Gasteiger partial charge in [-0.1, -0.05) is 0 Å². The van der Waals surface area contributed by atoms with E-state index in [1.165, 1.54) is 0 Å². The smallest absolute Gasteiger partial charge is 0.227 e. The Morgan fingerprint density at radius 2 is 1.62 bits per heavy atom. The van der Waals surface area contributed by atoms with E-state index in [1.807, 2.05) is 18.5 Å². The van der Waals surface area contributed by atoms with Crippen LogP contribution in [0.3, 0.4) is 0 Å². The number of hydrogen-bond donors (Lipinski definition) is 0. The number of nitrogens with zero attached hydrogens (tertiary/aromatic N) is 9. The third-order valence-electron chi connectivity index (χ3n) is 5.50. The molecule has 0 aromatic carbocycles. The van der Waals surface area contributed by atoms with E-state index in [4.69, 9.17) is 9.72 Å². The van der Waals surface area contributed by atoms with Crippen molar-refractivity contribution in [2.75, 3.05) is 67.2 Å². The van der Waals surface area contributed by atoms with Crippen LogP contribution in [0.2, 0.25) is 0 Å². The normalized spacial score (nSPS) is 17.9. The SMILES string of the molecule is Cc1cc(N2CCN(c3ncnc4c3ncn4C)CC2)nc(N2CCOCC2)n1. The molecule has 0 spiro atoms. The molecule has 0 saturated carbocycles. The maximum absolute atomic E-state index is 5.45. The van der Waals surface area contributed by atoms with E-state index < -0.39 is 0 Å². The Bertz CT molecular complexity index is 1010. The van der Waals surface area contributed by atoms with Crippen LogP contribution >= 0.6 is 0 Å². The van der Waals surface area contributed by atoms with Crippen molar-refractivity contribution in [3.05, 3.63) is 24.4 Å². The highest BCUT2D eigenvalue weighted by molar-refractivity contribution is 5.83. The first kappa shape index (κ1) is 18.0. The van der Waals surface area contributed by atoms with Crippen molar-refractivity contribution in [1.29, 1.82) is 0 Å². The van der Waals surface area contributed by atoms with Crippen LogP contribution in [0.15, 0.2) is 18.7 Å². The number of piperazine rings is 1. The molecule has 10 nitrogen and oxygen atoms in total. The zero-order valence-electron chi connectivity index (χ0n) is 16.8. The second kappa shape index (κ2) is 7.43. The molecule has 0 bridgehead atoms. The van der Waals surface area contributed by atoms with Crippen LogP contribution in [0.1, 0.15) is 5.69 Å². The molecule has 3 aromatic rings. The lowest BCUT2D eigenvalue weighted by Gasteiger charge is -2.36. The maximum Gasteiger partial charge on any atom is 0.227 e. The van der Waals surface area contributed by atoms with Crippen molar-refractivity contribution in [3.63, 3.8) is 0 Å². The summed E-state index contributed by atoms with van der Waals surface area (Å²) in [5.74, 6) is 2.70. The number of hydrogen-bond acceptors (Lipinski definition) is 9. The molecule has 2 aliphatic heterocycles. The van der Waals surface area contributed by atoms with Crippen LogP contribution in [-0.2, 0) is 11.8 Å². The lowest BCUT2D eigenvalue weighted by atomic mass is 10.3. The van der Waals surface area contributed by atoms with E-state index in [-0.39, 0.29) is 0 Å². The van der Waals surface area contributed by atoms with E-state index in [0.717, 1.165) is 86.9 Å². The predicted octanol–water partition coefficient (Wildman–Crippen LogP) is 0.625. The van der Waals surface area contributed by atoms with E-state index in [1.54, 1.807) is 12.7 Å². The van der Waals surface area contributed by atoms with Crippen LogP contribution in [0.5, 0.6) is 0 Å². The van der Waals surface area contributed by atoms with Gasteiger partial charge in [0, 0.05) is 58.1 Å². The molecule has 0 atom stereocenters. The lowest BCUT2D eigenvalue weighted by Crippen LogP contribution is -2.47. The quantitative estimate of drug-likeness (QED) is 0.633. The summed E-state index contributed by atoms with van der Waals surface area (Å²) >= 11 is 0. The fourth-order valence-electron chi connectivity index (χ4n) is 3.92. The summed E-state index contributed by atoms with van der Waals surface area (Å²) in [5.41, 5.74) is 2.71.